The van der Waals surface area contributed by atoms with Crippen LogP contribution in [0.2, 0.25) is 0 Å². The lowest BCUT2D eigenvalue weighted by Crippen LogP contribution is -2.59. The second-order valence-corrected chi connectivity index (χ2v) is 10.5. The molecule has 0 heterocycles. The minimum atomic E-state index is 0.309. The first-order chi connectivity index (χ1) is 13.5. The number of ketones is 1. The maximum Gasteiger partial charge on any atom is 0.139 e. The minimum Gasteiger partial charge on any atom is -0.299 e. The number of nitriles is 1. The van der Waals surface area contributed by atoms with Crippen molar-refractivity contribution in [2.45, 2.75) is 105 Å². The Morgan fingerprint density at radius 3 is 2.36 bits per heavy atom. The Kier molecular flexibility index (Phi) is 6.63. The van der Waals surface area contributed by atoms with Crippen LogP contribution in [0.5, 0.6) is 0 Å². The molecule has 0 saturated heterocycles. The molecule has 0 N–H and O–H groups in total. The van der Waals surface area contributed by atoms with Crippen LogP contribution < -0.4 is 0 Å². The van der Waals surface area contributed by atoms with Crippen LogP contribution in [-0.4, -0.2) is 5.78 Å². The average molecular weight is 386 g/mol. The van der Waals surface area contributed by atoms with Crippen molar-refractivity contribution in [3.05, 3.63) is 0 Å². The Labute approximate surface area is 173 Å². The molecule has 0 aromatic carbocycles. The minimum absolute atomic E-state index is 0.309. The van der Waals surface area contributed by atoms with Gasteiger partial charge in [0.25, 0.3) is 0 Å². The van der Waals surface area contributed by atoms with E-state index in [0.29, 0.717) is 58.5 Å². The zero-order valence-electron chi connectivity index (χ0n) is 19.1. The van der Waals surface area contributed by atoms with E-state index in [2.05, 4.69) is 26.8 Å². The van der Waals surface area contributed by atoms with E-state index >= 15 is 0 Å². The van der Waals surface area contributed by atoms with Gasteiger partial charge in [0.1, 0.15) is 5.78 Å². The predicted molar refractivity (Wildman–Crippen MR) is 116 cm³/mol. The summed E-state index contributed by atoms with van der Waals surface area (Å²) < 4.78 is 0. The summed E-state index contributed by atoms with van der Waals surface area (Å²) in [4.78, 5) is 13.7. The van der Waals surface area contributed by atoms with E-state index in [1.54, 1.807) is 0 Å². The summed E-state index contributed by atoms with van der Waals surface area (Å²) in [6, 6.07) is 2.36. The highest BCUT2D eigenvalue weighted by atomic mass is 16.1. The van der Waals surface area contributed by atoms with Crippen molar-refractivity contribution in [1.82, 2.24) is 0 Å². The fourth-order valence-electron chi connectivity index (χ4n) is 8.54. The molecule has 0 spiro atoms. The van der Waals surface area contributed by atoms with Gasteiger partial charge in [-0.3, -0.25) is 4.79 Å². The molecular formula is C26H43NO. The van der Waals surface area contributed by atoms with E-state index < -0.39 is 0 Å². The smallest absolute Gasteiger partial charge is 0.139 e. The molecule has 4 saturated carbocycles. The molecule has 2 nitrogen and oxygen atoms in total. The first-order valence-corrected chi connectivity index (χ1v) is 12.4. The van der Waals surface area contributed by atoms with E-state index in [-0.39, 0.29) is 0 Å². The lowest BCUT2D eigenvalue weighted by atomic mass is 9.42. The molecule has 2 heteroatoms. The van der Waals surface area contributed by atoms with Crippen LogP contribution in [0.3, 0.4) is 0 Å². The number of carbonyl (C=O) groups excluding carboxylic acids is 1. The number of Topliss-reactive ketones (excluding diaryl/α,β-unsaturated/α-hetero) is 1. The first kappa shape index (κ1) is 21.9. The number of fused-ring (bicyclic) bond motifs is 5. The van der Waals surface area contributed by atoms with Gasteiger partial charge in [-0.25, -0.2) is 0 Å². The fourth-order valence-corrected chi connectivity index (χ4v) is 8.54. The molecule has 8 unspecified atom stereocenters. The SMILES string of the molecule is CC.CCC1C(=O)C2C3CCC(CCC#N)C3(C)CCC2C2(C)CCCCC12. The largest absolute Gasteiger partial charge is 0.299 e. The molecule has 4 aliphatic rings. The van der Waals surface area contributed by atoms with E-state index in [1.807, 2.05) is 13.8 Å². The molecule has 0 aliphatic heterocycles. The Bertz CT molecular complexity index is 606. The highest BCUT2D eigenvalue weighted by Gasteiger charge is 2.63. The molecule has 0 radical (unpaired) electrons. The zero-order valence-corrected chi connectivity index (χ0v) is 19.1. The summed E-state index contributed by atoms with van der Waals surface area (Å²) in [6.45, 7) is 11.3. The maximum atomic E-state index is 13.7. The normalized spacial score (nSPS) is 47.1. The lowest BCUT2D eigenvalue weighted by molar-refractivity contribution is -0.167. The third-order valence-corrected chi connectivity index (χ3v) is 9.87. The highest BCUT2D eigenvalue weighted by Crippen LogP contribution is 2.68. The number of rotatable bonds is 3. The topological polar surface area (TPSA) is 40.9 Å². The van der Waals surface area contributed by atoms with Crippen molar-refractivity contribution < 1.29 is 4.79 Å². The molecule has 158 valence electrons. The van der Waals surface area contributed by atoms with E-state index in [4.69, 9.17) is 5.26 Å². The van der Waals surface area contributed by atoms with Crippen LogP contribution in [0.1, 0.15) is 105 Å². The van der Waals surface area contributed by atoms with Gasteiger partial charge < -0.3 is 0 Å². The van der Waals surface area contributed by atoms with Gasteiger partial charge in [0, 0.05) is 18.3 Å². The third kappa shape index (κ3) is 3.16. The van der Waals surface area contributed by atoms with Crippen molar-refractivity contribution in [3.63, 3.8) is 0 Å². The lowest BCUT2D eigenvalue weighted by Gasteiger charge is -2.61. The molecule has 0 amide bonds. The maximum absolute atomic E-state index is 13.7. The summed E-state index contributed by atoms with van der Waals surface area (Å²) >= 11 is 0. The van der Waals surface area contributed by atoms with Crippen molar-refractivity contribution in [2.75, 3.05) is 0 Å². The number of hydrogen-bond acceptors (Lipinski definition) is 2. The van der Waals surface area contributed by atoms with E-state index in [9.17, 15) is 4.79 Å². The van der Waals surface area contributed by atoms with Gasteiger partial charge in [0.05, 0.1) is 6.07 Å². The fraction of sp³-hybridized carbons (Fsp3) is 0.923. The van der Waals surface area contributed by atoms with Crippen molar-refractivity contribution in [3.8, 4) is 6.07 Å². The van der Waals surface area contributed by atoms with Gasteiger partial charge in [-0.05, 0) is 85.9 Å². The van der Waals surface area contributed by atoms with Crippen LogP contribution in [0.4, 0.5) is 0 Å². The number of nitrogens with zero attached hydrogens (tertiary/aromatic N) is 1. The Balaban J connectivity index is 0.00000109. The number of hydrogen-bond donors (Lipinski definition) is 0. The summed E-state index contributed by atoms with van der Waals surface area (Å²) in [7, 11) is 0. The van der Waals surface area contributed by atoms with Gasteiger partial charge in [0.15, 0.2) is 0 Å². The van der Waals surface area contributed by atoms with Crippen LogP contribution >= 0.6 is 0 Å². The summed E-state index contributed by atoms with van der Waals surface area (Å²) in [5.41, 5.74) is 0.716. The van der Waals surface area contributed by atoms with Gasteiger partial charge >= 0.3 is 0 Å². The Morgan fingerprint density at radius 2 is 1.68 bits per heavy atom. The zero-order chi connectivity index (χ0) is 20.5. The van der Waals surface area contributed by atoms with E-state index in [1.165, 1.54) is 51.4 Å². The highest BCUT2D eigenvalue weighted by molar-refractivity contribution is 5.86. The molecular weight excluding hydrogens is 342 g/mol. The average Bonchev–Trinajstić information content (AvgIpc) is 3.04. The first-order valence-electron chi connectivity index (χ1n) is 12.4. The summed E-state index contributed by atoms with van der Waals surface area (Å²) in [5, 5.41) is 9.06. The summed E-state index contributed by atoms with van der Waals surface area (Å²) in [5.74, 6) is 3.83. The second kappa shape index (κ2) is 8.49. The standard InChI is InChI=1S/C24H37NO.C2H6/c1-4-17-18-9-5-6-13-24(18,3)20-12-14-23(2)16(8-7-15-25)10-11-19(23)21(20)22(17)26;1-2/h16-21H,4-14H2,1-3H3;1-2H3. The quantitative estimate of drug-likeness (QED) is 0.516. The van der Waals surface area contributed by atoms with E-state index in [0.717, 1.165) is 12.8 Å². The predicted octanol–water partition coefficient (Wildman–Crippen LogP) is 7.18. The molecule has 0 aromatic heterocycles. The second-order valence-electron chi connectivity index (χ2n) is 10.5. The van der Waals surface area contributed by atoms with Crippen molar-refractivity contribution in [1.29, 1.82) is 5.26 Å². The van der Waals surface area contributed by atoms with Gasteiger partial charge in [-0.2, -0.15) is 5.26 Å². The monoisotopic (exact) mass is 385 g/mol. The molecule has 28 heavy (non-hydrogen) atoms. The van der Waals surface area contributed by atoms with Crippen LogP contribution in [0.25, 0.3) is 0 Å². The third-order valence-electron chi connectivity index (χ3n) is 9.87. The molecule has 8 atom stereocenters. The number of carbonyl (C=O) groups is 1. The van der Waals surface area contributed by atoms with Crippen molar-refractivity contribution >= 4 is 5.78 Å². The summed E-state index contributed by atoms with van der Waals surface area (Å²) in [6.07, 6.45) is 13.2. The Hall–Kier alpha value is -0.840. The van der Waals surface area contributed by atoms with Gasteiger partial charge in [0.2, 0.25) is 0 Å². The molecule has 0 bridgehead atoms. The molecule has 4 aliphatic carbocycles. The molecule has 0 aromatic rings. The molecule has 4 fully saturated rings. The van der Waals surface area contributed by atoms with Gasteiger partial charge in [-0.1, -0.05) is 47.5 Å². The van der Waals surface area contributed by atoms with Crippen LogP contribution in [-0.2, 0) is 4.79 Å². The van der Waals surface area contributed by atoms with Gasteiger partial charge in [-0.15, -0.1) is 0 Å². The van der Waals surface area contributed by atoms with Crippen LogP contribution in [0, 0.1) is 57.7 Å². The Morgan fingerprint density at radius 1 is 0.964 bits per heavy atom. The molecule has 4 rings (SSSR count). The van der Waals surface area contributed by atoms with Crippen LogP contribution in [0.15, 0.2) is 0 Å². The van der Waals surface area contributed by atoms with Crippen molar-refractivity contribution in [2.24, 2.45) is 46.3 Å².